The normalized spacial score (nSPS) is 13.1. The molecular weight excluding hydrogens is 742 g/mol. The number of benzene rings is 6. The van der Waals surface area contributed by atoms with Crippen LogP contribution in [-0.4, -0.2) is 35.7 Å². The Labute approximate surface area is 290 Å². The van der Waals surface area contributed by atoms with E-state index in [0.29, 0.717) is 8.92 Å². The van der Waals surface area contributed by atoms with Crippen molar-refractivity contribution in [3.8, 4) is 0 Å². The van der Waals surface area contributed by atoms with Crippen LogP contribution in [0, 0.1) is 0 Å². The average Bonchev–Trinajstić information content (AvgIpc) is 3.10. The molecule has 7 heteroatoms. The van der Waals surface area contributed by atoms with Crippen molar-refractivity contribution in [3.63, 3.8) is 0 Å². The van der Waals surface area contributed by atoms with Gasteiger partial charge in [0.25, 0.3) is 0 Å². The van der Waals surface area contributed by atoms with Gasteiger partial charge in [-0.25, -0.2) is 0 Å². The van der Waals surface area contributed by atoms with E-state index in [1.807, 2.05) is 60.7 Å². The van der Waals surface area contributed by atoms with Crippen molar-refractivity contribution in [3.05, 3.63) is 192 Å². The van der Waals surface area contributed by atoms with Gasteiger partial charge in [0.2, 0.25) is 0 Å². The minimum atomic E-state index is -3.82. The zero-order valence-electron chi connectivity index (χ0n) is 25.6. The maximum absolute atomic E-state index is 17.3. The number of alkyl halides is 4. The van der Waals surface area contributed by atoms with Gasteiger partial charge in [0.1, 0.15) is 0 Å². The Kier molecular flexibility index (Phi) is 10.4. The van der Waals surface area contributed by atoms with E-state index in [1.165, 1.54) is 48.5 Å². The van der Waals surface area contributed by atoms with E-state index in [1.54, 1.807) is 60.7 Å². The maximum atomic E-state index is 17.3. The van der Waals surface area contributed by atoms with Crippen LogP contribution in [-0.2, 0) is 16.6 Å². The molecule has 0 radical (unpaired) electrons. The molecule has 0 saturated heterocycles. The Morgan fingerprint density at radius 3 is 1.06 bits per heavy atom. The van der Waals surface area contributed by atoms with Gasteiger partial charge >= 0.3 is 292 Å². The summed E-state index contributed by atoms with van der Waals surface area (Å²) in [6.45, 7) is 0. The number of halogens is 4. The molecular formula is C41H30F4OSe2. The molecule has 2 atom stereocenters. The van der Waals surface area contributed by atoms with E-state index in [0.717, 1.165) is 8.92 Å². The third-order valence-corrected chi connectivity index (χ3v) is 12.5. The number of rotatable bonds is 12. The molecule has 240 valence electrons. The first-order valence-corrected chi connectivity index (χ1v) is 18.7. The summed E-state index contributed by atoms with van der Waals surface area (Å²) in [6.07, 6.45) is 0. The molecule has 0 spiro atoms. The van der Waals surface area contributed by atoms with Gasteiger partial charge in [0, 0.05) is 0 Å². The number of carbonyl (C=O) groups is 1. The molecule has 2 unspecified atom stereocenters. The average molecular weight is 773 g/mol. The molecule has 0 aliphatic rings. The molecule has 0 bridgehead atoms. The molecule has 0 N–H and O–H groups in total. The third-order valence-electron chi connectivity index (χ3n) is 7.99. The first-order valence-electron chi connectivity index (χ1n) is 15.3. The summed E-state index contributed by atoms with van der Waals surface area (Å²) in [6, 6.07) is 46.1. The quantitative estimate of drug-likeness (QED) is 0.0967. The molecule has 6 rings (SSSR count). The van der Waals surface area contributed by atoms with E-state index < -0.39 is 59.4 Å². The molecule has 0 saturated carbocycles. The second-order valence-electron chi connectivity index (χ2n) is 11.2. The van der Waals surface area contributed by atoms with E-state index in [9.17, 15) is 4.79 Å². The second kappa shape index (κ2) is 14.9. The summed E-state index contributed by atoms with van der Waals surface area (Å²) in [5.74, 6) is -13.3. The molecule has 0 aliphatic carbocycles. The van der Waals surface area contributed by atoms with Gasteiger partial charge in [-0.1, -0.05) is 0 Å². The van der Waals surface area contributed by atoms with E-state index in [-0.39, 0.29) is 22.3 Å². The van der Waals surface area contributed by atoms with Gasteiger partial charge < -0.3 is 0 Å². The van der Waals surface area contributed by atoms with Crippen molar-refractivity contribution in [2.75, 3.05) is 0 Å². The minimum absolute atomic E-state index is 0.0203. The molecule has 48 heavy (non-hydrogen) atoms. The molecule has 1 nitrogen and oxygen atoms in total. The summed E-state index contributed by atoms with van der Waals surface area (Å²) in [4.78, 5) is 14.9. The van der Waals surface area contributed by atoms with E-state index in [2.05, 4.69) is 0 Å². The zero-order chi connectivity index (χ0) is 33.6. The molecule has 0 amide bonds. The number of hydrogen-bond donors (Lipinski definition) is 0. The Hall–Kier alpha value is -4.25. The van der Waals surface area contributed by atoms with Crippen LogP contribution in [0.3, 0.4) is 0 Å². The fourth-order valence-electron chi connectivity index (χ4n) is 5.77. The topological polar surface area (TPSA) is 17.1 Å². The van der Waals surface area contributed by atoms with Crippen LogP contribution >= 0.6 is 0 Å². The fourth-order valence-corrected chi connectivity index (χ4v) is 10.00. The first-order chi connectivity index (χ1) is 23.3. The molecule has 0 aliphatic heterocycles. The monoisotopic (exact) mass is 774 g/mol. The SMILES string of the molecule is O=C(C(c1ccccc1)C(F)(F)c1ccccc1[Se]c1ccccc1)C(c1ccccc1)C(F)(F)c1ccccc1[Se]c1ccccc1. The molecule has 6 aromatic carbocycles. The van der Waals surface area contributed by atoms with Gasteiger partial charge in [-0.05, 0) is 0 Å². The van der Waals surface area contributed by atoms with E-state index in [4.69, 9.17) is 0 Å². The summed E-state index contributed by atoms with van der Waals surface area (Å²) in [5.41, 5.74) is -0.709. The predicted molar refractivity (Wildman–Crippen MR) is 187 cm³/mol. The van der Waals surface area contributed by atoms with Crippen LogP contribution in [0.25, 0.3) is 0 Å². The zero-order valence-corrected chi connectivity index (χ0v) is 29.0. The van der Waals surface area contributed by atoms with Crippen molar-refractivity contribution in [2.45, 2.75) is 23.7 Å². The fraction of sp³-hybridized carbons (Fsp3) is 0.0976. The first kappa shape index (κ1) is 33.6. The molecule has 0 fully saturated rings. The van der Waals surface area contributed by atoms with Gasteiger partial charge in [-0.3, -0.25) is 0 Å². The van der Waals surface area contributed by atoms with Crippen LogP contribution in [0.4, 0.5) is 17.6 Å². The molecule has 0 aromatic heterocycles. The Morgan fingerprint density at radius 2 is 0.708 bits per heavy atom. The van der Waals surface area contributed by atoms with Gasteiger partial charge in [-0.15, -0.1) is 0 Å². The van der Waals surface area contributed by atoms with Crippen LogP contribution in [0.5, 0.6) is 0 Å². The third kappa shape index (κ3) is 7.26. The summed E-state index contributed by atoms with van der Waals surface area (Å²) in [5, 5.41) is 0. The van der Waals surface area contributed by atoms with Crippen molar-refractivity contribution in [1.82, 2.24) is 0 Å². The number of carbonyl (C=O) groups excluding carboxylic acids is 1. The number of ketones is 1. The van der Waals surface area contributed by atoms with Gasteiger partial charge in [0.15, 0.2) is 0 Å². The summed E-state index contributed by atoms with van der Waals surface area (Å²) in [7, 11) is 0. The Morgan fingerprint density at radius 1 is 0.417 bits per heavy atom. The predicted octanol–water partition coefficient (Wildman–Crippen LogP) is 7.02. The van der Waals surface area contributed by atoms with Crippen LogP contribution < -0.4 is 17.8 Å². The molecule has 0 heterocycles. The van der Waals surface area contributed by atoms with Crippen molar-refractivity contribution in [1.29, 1.82) is 0 Å². The van der Waals surface area contributed by atoms with Gasteiger partial charge in [-0.2, -0.15) is 0 Å². The van der Waals surface area contributed by atoms with Crippen LogP contribution in [0.15, 0.2) is 170 Å². The van der Waals surface area contributed by atoms with Crippen molar-refractivity contribution in [2.24, 2.45) is 0 Å². The summed E-state index contributed by atoms with van der Waals surface area (Å²) >= 11 is -1.04. The number of Topliss-reactive ketones (excluding diaryl/α,β-unsaturated/α-hetero) is 1. The van der Waals surface area contributed by atoms with Crippen molar-refractivity contribution < 1.29 is 22.4 Å². The Balaban J connectivity index is 1.50. The number of hydrogen-bond acceptors (Lipinski definition) is 1. The van der Waals surface area contributed by atoms with E-state index >= 15 is 17.6 Å². The van der Waals surface area contributed by atoms with Crippen LogP contribution in [0.1, 0.15) is 34.1 Å². The van der Waals surface area contributed by atoms with Crippen molar-refractivity contribution >= 4 is 53.5 Å². The second-order valence-corrected chi connectivity index (χ2v) is 15.8. The van der Waals surface area contributed by atoms with Crippen LogP contribution in [0.2, 0.25) is 0 Å². The van der Waals surface area contributed by atoms with Gasteiger partial charge in [0.05, 0.1) is 0 Å². The standard InChI is InChI=1S/C41H30F4OSe2/c42-40(43,33-25-13-15-27-35(33)47-31-21-9-3-10-22-31)37(29-17-5-1-6-18-29)39(46)38(30-19-7-2-8-20-30)41(44,45)34-26-14-16-28-36(34)48-32-23-11-4-12-24-32/h1-28,37-38H. The molecule has 6 aromatic rings. The Bertz CT molecular complexity index is 1810. The summed E-state index contributed by atoms with van der Waals surface area (Å²) < 4.78 is 71.7.